The van der Waals surface area contributed by atoms with E-state index >= 15 is 0 Å². The molecule has 0 unspecified atom stereocenters. The Balaban J connectivity index is 1.53. The molecule has 10 heteroatoms. The Morgan fingerprint density at radius 1 is 1.13 bits per heavy atom. The molecule has 3 heterocycles. The number of nitrogens with zero attached hydrogens (tertiary/aromatic N) is 4. The Hall–Kier alpha value is -3.79. The lowest BCUT2D eigenvalue weighted by Gasteiger charge is -2.39. The number of carbonyl (C=O) groups is 1. The molecule has 0 radical (unpaired) electrons. The SMILES string of the molecule is CC(C)N1CCC(N(Cc2cccc(Nc3ccncc3F)n2)C(=O)C=Cc2ccc(C(F)(F)F)cc2)CC1. The largest absolute Gasteiger partial charge is 0.416 e. The molecule has 3 aromatic rings. The van der Waals surface area contributed by atoms with Crippen molar-refractivity contribution in [3.63, 3.8) is 0 Å². The summed E-state index contributed by atoms with van der Waals surface area (Å²) >= 11 is 0. The van der Waals surface area contributed by atoms with Crippen LogP contribution in [0.1, 0.15) is 43.5 Å². The molecule has 1 aliphatic heterocycles. The minimum Gasteiger partial charge on any atom is -0.338 e. The smallest absolute Gasteiger partial charge is 0.338 e. The topological polar surface area (TPSA) is 61.4 Å². The van der Waals surface area contributed by atoms with Crippen LogP contribution in [-0.2, 0) is 17.5 Å². The van der Waals surface area contributed by atoms with Crippen molar-refractivity contribution >= 4 is 23.5 Å². The van der Waals surface area contributed by atoms with Crippen molar-refractivity contribution in [3.8, 4) is 0 Å². The van der Waals surface area contributed by atoms with Gasteiger partial charge in [0.2, 0.25) is 5.91 Å². The fourth-order valence-electron chi connectivity index (χ4n) is 4.57. The van der Waals surface area contributed by atoms with E-state index in [9.17, 15) is 22.4 Å². The summed E-state index contributed by atoms with van der Waals surface area (Å²) in [6, 6.07) is 11.9. The lowest BCUT2D eigenvalue weighted by Crippen LogP contribution is -2.48. The molecule has 1 N–H and O–H groups in total. The predicted octanol–water partition coefficient (Wildman–Crippen LogP) is 6.29. The van der Waals surface area contributed by atoms with E-state index in [1.165, 1.54) is 36.5 Å². The molecule has 1 aromatic carbocycles. The number of likely N-dealkylation sites (tertiary alicyclic amines) is 1. The zero-order chi connectivity index (χ0) is 28.0. The second-order valence-electron chi connectivity index (χ2n) is 9.77. The standard InChI is InChI=1S/C29H31F4N5O/c1-20(2)37-16-13-24(14-17-37)38(28(39)11-8-21-6-9-22(10-7-21)29(31,32)33)19-23-4-3-5-27(35-23)36-26-12-15-34-18-25(26)30/h3-12,15,18,20,24H,13-14,16-17,19H2,1-2H3,(H,34,35,36). The Kier molecular flexibility index (Phi) is 8.96. The molecule has 2 aromatic heterocycles. The molecule has 1 aliphatic rings. The average molecular weight is 542 g/mol. The third kappa shape index (κ3) is 7.63. The Labute approximate surface area is 225 Å². The number of hydrogen-bond donors (Lipinski definition) is 1. The first-order valence-electron chi connectivity index (χ1n) is 12.8. The molecule has 4 rings (SSSR count). The van der Waals surface area contributed by atoms with E-state index in [1.54, 1.807) is 23.1 Å². The van der Waals surface area contributed by atoms with Crippen molar-refractivity contribution in [3.05, 3.63) is 89.6 Å². The number of nitrogens with one attached hydrogen (secondary N) is 1. The summed E-state index contributed by atoms with van der Waals surface area (Å²) in [6.45, 7) is 6.22. The molecular formula is C29H31F4N5O. The predicted molar refractivity (Wildman–Crippen MR) is 142 cm³/mol. The van der Waals surface area contributed by atoms with Gasteiger partial charge in [0.05, 0.1) is 29.7 Å². The molecule has 0 spiro atoms. The maximum atomic E-state index is 14.1. The summed E-state index contributed by atoms with van der Waals surface area (Å²) in [5.74, 6) is -0.329. The van der Waals surface area contributed by atoms with Crippen LogP contribution in [0.4, 0.5) is 29.1 Å². The van der Waals surface area contributed by atoms with Gasteiger partial charge in [-0.1, -0.05) is 18.2 Å². The van der Waals surface area contributed by atoms with Crippen molar-refractivity contribution < 1.29 is 22.4 Å². The number of pyridine rings is 2. The molecule has 1 saturated heterocycles. The van der Waals surface area contributed by atoms with Crippen LogP contribution in [0.15, 0.2) is 67.0 Å². The summed E-state index contributed by atoms with van der Waals surface area (Å²) in [5, 5.41) is 2.94. The van der Waals surface area contributed by atoms with Gasteiger partial charge in [-0.15, -0.1) is 0 Å². The Bertz CT molecular complexity index is 1290. The highest BCUT2D eigenvalue weighted by molar-refractivity contribution is 5.92. The van der Waals surface area contributed by atoms with Gasteiger partial charge in [-0.3, -0.25) is 9.78 Å². The number of halogens is 4. The summed E-state index contributed by atoms with van der Waals surface area (Å²) in [6.07, 6.45) is 2.67. The first-order valence-corrected chi connectivity index (χ1v) is 12.8. The second kappa shape index (κ2) is 12.4. The number of piperidine rings is 1. The molecule has 1 amide bonds. The molecular weight excluding hydrogens is 510 g/mol. The van der Waals surface area contributed by atoms with Crippen molar-refractivity contribution in [2.45, 2.75) is 51.5 Å². The van der Waals surface area contributed by atoms with E-state index in [0.29, 0.717) is 23.1 Å². The number of amides is 1. The van der Waals surface area contributed by atoms with Gasteiger partial charge in [0.25, 0.3) is 0 Å². The highest BCUT2D eigenvalue weighted by atomic mass is 19.4. The molecule has 0 aliphatic carbocycles. The zero-order valence-corrected chi connectivity index (χ0v) is 21.8. The summed E-state index contributed by atoms with van der Waals surface area (Å²) in [5.41, 5.74) is 0.616. The lowest BCUT2D eigenvalue weighted by atomic mass is 10.0. The quantitative estimate of drug-likeness (QED) is 0.268. The maximum absolute atomic E-state index is 14.1. The fraction of sp³-hybridized carbons (Fsp3) is 0.345. The van der Waals surface area contributed by atoms with E-state index < -0.39 is 17.6 Å². The number of benzene rings is 1. The minimum absolute atomic E-state index is 0.0270. The number of aromatic nitrogens is 2. The van der Waals surface area contributed by atoms with Crippen LogP contribution >= 0.6 is 0 Å². The molecule has 0 bridgehead atoms. The van der Waals surface area contributed by atoms with Crippen LogP contribution in [-0.4, -0.2) is 50.8 Å². The molecule has 6 nitrogen and oxygen atoms in total. The van der Waals surface area contributed by atoms with Crippen LogP contribution in [0, 0.1) is 5.82 Å². The molecule has 39 heavy (non-hydrogen) atoms. The third-order valence-corrected chi connectivity index (χ3v) is 6.78. The molecule has 1 fully saturated rings. The third-order valence-electron chi connectivity index (χ3n) is 6.78. The van der Waals surface area contributed by atoms with E-state index in [1.807, 2.05) is 0 Å². The van der Waals surface area contributed by atoms with Crippen LogP contribution in [0.3, 0.4) is 0 Å². The second-order valence-corrected chi connectivity index (χ2v) is 9.77. The number of anilines is 2. The average Bonchev–Trinajstić information content (AvgIpc) is 2.92. The van der Waals surface area contributed by atoms with Crippen molar-refractivity contribution in [1.82, 2.24) is 19.8 Å². The van der Waals surface area contributed by atoms with Gasteiger partial charge in [0.15, 0.2) is 5.82 Å². The minimum atomic E-state index is -4.42. The molecule has 0 saturated carbocycles. The summed E-state index contributed by atoms with van der Waals surface area (Å²) in [4.78, 5) is 25.9. The Morgan fingerprint density at radius 2 is 1.85 bits per heavy atom. The first-order chi connectivity index (χ1) is 18.6. The summed E-state index contributed by atoms with van der Waals surface area (Å²) in [7, 11) is 0. The van der Waals surface area contributed by atoms with Gasteiger partial charge >= 0.3 is 6.18 Å². The lowest BCUT2D eigenvalue weighted by molar-refractivity contribution is -0.137. The van der Waals surface area contributed by atoms with Crippen molar-refractivity contribution in [2.75, 3.05) is 18.4 Å². The molecule has 206 valence electrons. The van der Waals surface area contributed by atoms with Gasteiger partial charge in [-0.05, 0) is 68.7 Å². The van der Waals surface area contributed by atoms with Gasteiger partial charge in [0, 0.05) is 37.4 Å². The number of carbonyl (C=O) groups excluding carboxylic acids is 1. The first kappa shape index (κ1) is 28.2. The highest BCUT2D eigenvalue weighted by Crippen LogP contribution is 2.29. The zero-order valence-electron chi connectivity index (χ0n) is 21.8. The number of alkyl halides is 3. The monoisotopic (exact) mass is 541 g/mol. The van der Waals surface area contributed by atoms with Crippen LogP contribution in [0.5, 0.6) is 0 Å². The fourth-order valence-corrected chi connectivity index (χ4v) is 4.57. The van der Waals surface area contributed by atoms with Crippen molar-refractivity contribution in [1.29, 1.82) is 0 Å². The number of rotatable bonds is 8. The van der Waals surface area contributed by atoms with E-state index in [4.69, 9.17) is 0 Å². The van der Waals surface area contributed by atoms with Crippen LogP contribution in [0.25, 0.3) is 6.08 Å². The van der Waals surface area contributed by atoms with Crippen LogP contribution in [0.2, 0.25) is 0 Å². The van der Waals surface area contributed by atoms with Gasteiger partial charge < -0.3 is 15.1 Å². The van der Waals surface area contributed by atoms with Gasteiger partial charge in [-0.2, -0.15) is 13.2 Å². The normalized spacial score (nSPS) is 15.2. The summed E-state index contributed by atoms with van der Waals surface area (Å²) < 4.78 is 52.7. The van der Waals surface area contributed by atoms with E-state index in [0.717, 1.165) is 44.3 Å². The number of hydrogen-bond acceptors (Lipinski definition) is 5. The Morgan fingerprint density at radius 3 is 2.49 bits per heavy atom. The van der Waals surface area contributed by atoms with E-state index in [-0.39, 0.29) is 24.2 Å². The molecule has 0 atom stereocenters. The maximum Gasteiger partial charge on any atom is 0.416 e. The van der Waals surface area contributed by atoms with Crippen molar-refractivity contribution in [2.24, 2.45) is 0 Å². The highest BCUT2D eigenvalue weighted by Gasteiger charge is 2.30. The van der Waals surface area contributed by atoms with Gasteiger partial charge in [-0.25, -0.2) is 9.37 Å². The van der Waals surface area contributed by atoms with E-state index in [2.05, 4.69) is 34.0 Å². The van der Waals surface area contributed by atoms with Gasteiger partial charge in [0.1, 0.15) is 5.82 Å². The van der Waals surface area contributed by atoms with Crippen LogP contribution < -0.4 is 5.32 Å².